The first-order valence-corrected chi connectivity index (χ1v) is 7.43. The van der Waals surface area contributed by atoms with E-state index in [1.807, 2.05) is 4.98 Å². The molecular weight excluding hydrogens is 309 g/mol. The molecule has 0 aliphatic carbocycles. The predicted octanol–water partition coefficient (Wildman–Crippen LogP) is -2.77. The Morgan fingerprint density at radius 3 is 2.67 bits per heavy atom. The van der Waals surface area contributed by atoms with Crippen molar-refractivity contribution in [2.24, 2.45) is 5.50 Å². The lowest BCUT2D eigenvalue weighted by Gasteiger charge is -2.16. The van der Waals surface area contributed by atoms with Gasteiger partial charge >= 0.3 is 13.4 Å². The van der Waals surface area contributed by atoms with E-state index in [1.165, 1.54) is 0 Å². The van der Waals surface area contributed by atoms with E-state index in [4.69, 9.17) is 15.1 Å². The maximum absolute atomic E-state index is 11.6. The molecule has 1 unspecified atom stereocenters. The van der Waals surface area contributed by atoms with Crippen molar-refractivity contribution in [3.63, 3.8) is 0 Å². The summed E-state index contributed by atoms with van der Waals surface area (Å²) in [5, 5.41) is 19.6. The van der Waals surface area contributed by atoms with Crippen molar-refractivity contribution in [2.45, 2.75) is 24.5 Å². The minimum absolute atomic E-state index is 0.558. The molecule has 2 heterocycles. The molecule has 1 fully saturated rings. The number of nitrogens with two attached hydrogens (primary N) is 1. The summed E-state index contributed by atoms with van der Waals surface area (Å²) in [5.41, 5.74) is 3.30. The Labute approximate surface area is 117 Å². The van der Waals surface area contributed by atoms with Gasteiger partial charge in [-0.25, -0.2) is 14.9 Å². The van der Waals surface area contributed by atoms with Gasteiger partial charge in [0.2, 0.25) is 0 Å². The number of aromatic amines is 1. The van der Waals surface area contributed by atoms with Crippen LogP contribution in [-0.2, 0) is 13.8 Å². The Hall–Kier alpha value is -1.33. The number of aliphatic hydroxyl groups is 2. The minimum atomic E-state index is -4.26. The van der Waals surface area contributed by atoms with Gasteiger partial charge in [-0.1, -0.05) is 0 Å². The van der Waals surface area contributed by atoms with Gasteiger partial charge in [0, 0.05) is 12.3 Å². The summed E-state index contributed by atoms with van der Waals surface area (Å²) >= 11 is 0. The van der Waals surface area contributed by atoms with Gasteiger partial charge < -0.3 is 19.8 Å². The number of nitrogens with zero attached hydrogens (tertiary/aromatic N) is 1. The van der Waals surface area contributed by atoms with Crippen LogP contribution in [0, 0.1) is 0 Å². The van der Waals surface area contributed by atoms with E-state index in [0.29, 0.717) is 0 Å². The van der Waals surface area contributed by atoms with E-state index in [9.17, 15) is 24.4 Å². The van der Waals surface area contributed by atoms with Gasteiger partial charge in [-0.3, -0.25) is 18.9 Å². The summed E-state index contributed by atoms with van der Waals surface area (Å²) < 4.78 is 21.3. The third kappa shape index (κ3) is 3.66. The fourth-order valence-corrected chi connectivity index (χ4v) is 2.27. The Balaban J connectivity index is 2.18. The highest BCUT2D eigenvalue weighted by atomic mass is 31.2. The molecule has 5 atom stereocenters. The smallest absolute Gasteiger partial charge is 0.387 e. The molecule has 0 amide bonds. The zero-order chi connectivity index (χ0) is 15.8. The maximum Gasteiger partial charge on any atom is 0.400 e. The van der Waals surface area contributed by atoms with Crippen molar-refractivity contribution in [3.05, 3.63) is 33.1 Å². The molecule has 6 N–H and O–H groups in total. The summed E-state index contributed by atoms with van der Waals surface area (Å²) in [4.78, 5) is 33.3. The summed E-state index contributed by atoms with van der Waals surface area (Å²) in [6, 6.07) is 1.04. The van der Waals surface area contributed by atoms with Gasteiger partial charge in [-0.15, -0.1) is 0 Å². The highest BCUT2D eigenvalue weighted by Gasteiger charge is 2.44. The number of ether oxygens (including phenoxy) is 1. The van der Waals surface area contributed by atoms with E-state index < -0.39 is 50.1 Å². The minimum Gasteiger partial charge on any atom is -0.387 e. The van der Waals surface area contributed by atoms with Gasteiger partial charge in [0.15, 0.2) is 6.23 Å². The number of hydrogen-bond donors (Lipinski definition) is 5. The van der Waals surface area contributed by atoms with Crippen LogP contribution in [0.15, 0.2) is 21.9 Å². The average Bonchev–Trinajstić information content (AvgIpc) is 2.64. The molecule has 21 heavy (non-hydrogen) atoms. The van der Waals surface area contributed by atoms with Crippen LogP contribution >= 0.6 is 7.75 Å². The van der Waals surface area contributed by atoms with E-state index in [-0.39, 0.29) is 0 Å². The molecule has 1 aromatic heterocycles. The van der Waals surface area contributed by atoms with Gasteiger partial charge in [-0.2, -0.15) is 0 Å². The van der Waals surface area contributed by atoms with Crippen LogP contribution in [0.4, 0.5) is 0 Å². The van der Waals surface area contributed by atoms with Crippen LogP contribution in [0.25, 0.3) is 0 Å². The van der Waals surface area contributed by atoms with Crippen LogP contribution in [0.2, 0.25) is 0 Å². The Morgan fingerprint density at radius 1 is 1.43 bits per heavy atom. The summed E-state index contributed by atoms with van der Waals surface area (Å²) in [6.07, 6.45) is -4.34. The fraction of sp³-hybridized carbons (Fsp3) is 0.556. The SMILES string of the molecule is NP(=O)(O)OC[C@H]1O[C@@H](n2ccc(=O)[nH]c2=O)[C@H](O)[C@@H]1O. The lowest BCUT2D eigenvalue weighted by atomic mass is 10.1. The molecule has 1 aromatic rings. The second-order valence-corrected chi connectivity index (χ2v) is 5.81. The maximum atomic E-state index is 11.6. The van der Waals surface area contributed by atoms with Crippen LogP contribution < -0.4 is 16.8 Å². The van der Waals surface area contributed by atoms with E-state index in [1.54, 1.807) is 0 Å². The Kier molecular flexibility index (Phi) is 4.44. The Bertz CT molecular complexity index is 665. The summed E-state index contributed by atoms with van der Waals surface area (Å²) in [7, 11) is -4.26. The molecule has 118 valence electrons. The van der Waals surface area contributed by atoms with Gasteiger partial charge in [-0.05, 0) is 0 Å². The van der Waals surface area contributed by atoms with Crippen LogP contribution in [-0.4, -0.2) is 49.6 Å². The first-order chi connectivity index (χ1) is 9.69. The number of rotatable bonds is 4. The zero-order valence-electron chi connectivity index (χ0n) is 10.5. The highest BCUT2D eigenvalue weighted by molar-refractivity contribution is 7.50. The van der Waals surface area contributed by atoms with Crippen LogP contribution in [0.1, 0.15) is 6.23 Å². The number of H-pyrrole nitrogens is 1. The molecule has 1 aliphatic rings. The fourth-order valence-electron chi connectivity index (χ4n) is 1.90. The molecule has 11 nitrogen and oxygen atoms in total. The normalized spacial score (nSPS) is 32.0. The molecular formula is C9H14N3O8P. The van der Waals surface area contributed by atoms with E-state index in [0.717, 1.165) is 16.8 Å². The molecule has 2 rings (SSSR count). The zero-order valence-corrected chi connectivity index (χ0v) is 11.4. The first-order valence-electron chi connectivity index (χ1n) is 5.78. The van der Waals surface area contributed by atoms with Gasteiger partial charge in [0.05, 0.1) is 6.61 Å². The molecule has 0 spiro atoms. The monoisotopic (exact) mass is 323 g/mol. The lowest BCUT2D eigenvalue weighted by Crippen LogP contribution is -2.37. The largest absolute Gasteiger partial charge is 0.400 e. The van der Waals surface area contributed by atoms with Gasteiger partial charge in [0.1, 0.15) is 18.3 Å². The molecule has 0 aromatic carbocycles. The number of hydrogen-bond acceptors (Lipinski definition) is 7. The summed E-state index contributed by atoms with van der Waals surface area (Å²) in [5.74, 6) is 0. The van der Waals surface area contributed by atoms with Crippen molar-refractivity contribution in [3.8, 4) is 0 Å². The van der Waals surface area contributed by atoms with Crippen LogP contribution in [0.3, 0.4) is 0 Å². The molecule has 1 saturated heterocycles. The third-order valence-corrected chi connectivity index (χ3v) is 3.41. The highest BCUT2D eigenvalue weighted by Crippen LogP contribution is 2.35. The topological polar surface area (TPSA) is 177 Å². The summed E-state index contributed by atoms with van der Waals surface area (Å²) in [6.45, 7) is -0.558. The predicted molar refractivity (Wildman–Crippen MR) is 67.2 cm³/mol. The number of nitrogens with one attached hydrogen (secondary N) is 1. The van der Waals surface area contributed by atoms with Crippen molar-refractivity contribution < 1.29 is 28.9 Å². The third-order valence-electron chi connectivity index (χ3n) is 2.89. The molecule has 1 aliphatic heterocycles. The number of aromatic nitrogens is 2. The Morgan fingerprint density at radius 2 is 2.10 bits per heavy atom. The van der Waals surface area contributed by atoms with E-state index >= 15 is 0 Å². The second kappa shape index (κ2) is 5.81. The molecule has 12 heteroatoms. The van der Waals surface area contributed by atoms with Crippen molar-refractivity contribution in [1.29, 1.82) is 0 Å². The average molecular weight is 323 g/mol. The van der Waals surface area contributed by atoms with Crippen LogP contribution in [0.5, 0.6) is 0 Å². The van der Waals surface area contributed by atoms with Crippen molar-refractivity contribution in [1.82, 2.24) is 9.55 Å². The second-order valence-electron chi connectivity index (χ2n) is 4.42. The molecule has 0 radical (unpaired) electrons. The van der Waals surface area contributed by atoms with Crippen molar-refractivity contribution in [2.75, 3.05) is 6.61 Å². The number of aliphatic hydroxyl groups excluding tert-OH is 2. The molecule has 0 bridgehead atoms. The quantitative estimate of drug-likeness (QED) is 0.367. The van der Waals surface area contributed by atoms with Crippen molar-refractivity contribution >= 4 is 7.75 Å². The standard InChI is InChI=1S/C9H14N3O8P/c10-21(17,18)19-3-4-6(14)7(15)8(20-4)12-2-1-5(13)11-9(12)16/h1-2,4,6-8,14-15H,3H2,(H3,10,17,18)(H,11,13,16)/t4-,6-,7-,8-/m1/s1. The lowest BCUT2D eigenvalue weighted by molar-refractivity contribution is -0.0525. The molecule has 0 saturated carbocycles. The first kappa shape index (κ1) is 16.0. The van der Waals surface area contributed by atoms with E-state index in [2.05, 4.69) is 4.52 Å². The van der Waals surface area contributed by atoms with Gasteiger partial charge in [0.25, 0.3) is 5.56 Å².